The Kier molecular flexibility index (Phi) is 2.71. The number of imidazole rings is 1. The van der Waals surface area contributed by atoms with E-state index in [4.69, 9.17) is 0 Å². The lowest BCUT2D eigenvalue weighted by atomic mass is 10.1. The van der Waals surface area contributed by atoms with Crippen LogP contribution in [0.15, 0.2) is 35.1 Å². The molecule has 3 aromatic rings. The highest BCUT2D eigenvalue weighted by Crippen LogP contribution is 2.23. The van der Waals surface area contributed by atoms with E-state index < -0.39 is 17.3 Å². The van der Waals surface area contributed by atoms with Gasteiger partial charge in [-0.15, -0.1) is 0 Å². The minimum absolute atomic E-state index is 0.0660. The van der Waals surface area contributed by atoms with Crippen LogP contribution in [0, 0.1) is 25.5 Å². The standard InChI is InChI=1S/C15H12F2N2O/c1-8-3-4-9(2)12(7-8)19-14-11(18-15(19)20)6-5-10(16)13(14)17/h3-7H,1-2H3,(H,18,20). The molecule has 0 aliphatic carbocycles. The van der Waals surface area contributed by atoms with Crippen molar-refractivity contribution in [3.05, 3.63) is 63.6 Å². The normalized spacial score (nSPS) is 11.2. The zero-order chi connectivity index (χ0) is 14.4. The molecule has 0 aliphatic rings. The van der Waals surface area contributed by atoms with Gasteiger partial charge in [-0.1, -0.05) is 12.1 Å². The molecular formula is C15H12F2N2O. The highest BCUT2D eigenvalue weighted by molar-refractivity contribution is 5.78. The number of hydrogen-bond donors (Lipinski definition) is 1. The summed E-state index contributed by atoms with van der Waals surface area (Å²) in [6, 6.07) is 7.87. The number of aromatic nitrogens is 2. The summed E-state index contributed by atoms with van der Waals surface area (Å²) in [7, 11) is 0. The molecule has 0 saturated heterocycles. The van der Waals surface area contributed by atoms with E-state index in [1.807, 2.05) is 26.0 Å². The van der Waals surface area contributed by atoms with Crippen LogP contribution in [-0.4, -0.2) is 9.55 Å². The number of nitrogens with one attached hydrogen (secondary N) is 1. The molecule has 0 fully saturated rings. The highest BCUT2D eigenvalue weighted by atomic mass is 19.2. The molecule has 0 saturated carbocycles. The summed E-state index contributed by atoms with van der Waals surface area (Å²) in [5.41, 5.74) is 2.01. The van der Waals surface area contributed by atoms with Gasteiger partial charge in [0.25, 0.3) is 0 Å². The lowest BCUT2D eigenvalue weighted by Gasteiger charge is -2.09. The van der Waals surface area contributed by atoms with E-state index in [9.17, 15) is 13.6 Å². The van der Waals surface area contributed by atoms with Crippen molar-refractivity contribution in [1.29, 1.82) is 0 Å². The third-order valence-corrected chi connectivity index (χ3v) is 3.34. The van der Waals surface area contributed by atoms with Crippen molar-refractivity contribution in [1.82, 2.24) is 9.55 Å². The van der Waals surface area contributed by atoms with Crippen LogP contribution in [0.1, 0.15) is 11.1 Å². The molecule has 0 unspecified atom stereocenters. The van der Waals surface area contributed by atoms with Gasteiger partial charge in [0.1, 0.15) is 5.52 Å². The quantitative estimate of drug-likeness (QED) is 0.727. The number of aryl methyl sites for hydroxylation is 2. The van der Waals surface area contributed by atoms with Gasteiger partial charge in [-0.05, 0) is 43.2 Å². The fourth-order valence-corrected chi connectivity index (χ4v) is 2.32. The van der Waals surface area contributed by atoms with Crippen molar-refractivity contribution in [3.8, 4) is 5.69 Å². The molecule has 0 aliphatic heterocycles. The molecule has 1 heterocycles. The number of hydrogen-bond acceptors (Lipinski definition) is 1. The van der Waals surface area contributed by atoms with Crippen molar-refractivity contribution < 1.29 is 8.78 Å². The molecule has 5 heteroatoms. The van der Waals surface area contributed by atoms with Gasteiger partial charge in [0.05, 0.1) is 11.2 Å². The first-order chi connectivity index (χ1) is 9.49. The molecule has 3 rings (SSSR count). The Morgan fingerprint density at radius 3 is 2.60 bits per heavy atom. The fourth-order valence-electron chi connectivity index (χ4n) is 2.32. The molecule has 0 radical (unpaired) electrons. The smallest absolute Gasteiger partial charge is 0.305 e. The van der Waals surface area contributed by atoms with E-state index in [0.717, 1.165) is 17.2 Å². The van der Waals surface area contributed by atoms with E-state index >= 15 is 0 Å². The van der Waals surface area contributed by atoms with E-state index in [1.165, 1.54) is 10.6 Å². The van der Waals surface area contributed by atoms with E-state index in [-0.39, 0.29) is 11.0 Å². The Labute approximate surface area is 113 Å². The minimum Gasteiger partial charge on any atom is -0.305 e. The van der Waals surface area contributed by atoms with Gasteiger partial charge in [0.15, 0.2) is 11.6 Å². The Morgan fingerprint density at radius 1 is 1.10 bits per heavy atom. The monoisotopic (exact) mass is 274 g/mol. The van der Waals surface area contributed by atoms with Crippen molar-refractivity contribution in [2.45, 2.75) is 13.8 Å². The molecule has 1 aromatic heterocycles. The summed E-state index contributed by atoms with van der Waals surface area (Å²) < 4.78 is 28.6. The van der Waals surface area contributed by atoms with E-state index in [2.05, 4.69) is 4.98 Å². The van der Waals surface area contributed by atoms with Crippen LogP contribution in [0.5, 0.6) is 0 Å². The van der Waals surface area contributed by atoms with Crippen molar-refractivity contribution in [3.63, 3.8) is 0 Å². The average molecular weight is 274 g/mol. The maximum atomic E-state index is 14.0. The Bertz CT molecular complexity index is 877. The van der Waals surface area contributed by atoms with E-state index in [1.54, 1.807) is 6.07 Å². The summed E-state index contributed by atoms with van der Waals surface area (Å²) in [6.45, 7) is 3.69. The molecule has 0 bridgehead atoms. The molecule has 0 spiro atoms. The largest absolute Gasteiger partial charge is 0.331 e. The fraction of sp³-hybridized carbons (Fsp3) is 0.133. The molecule has 0 amide bonds. The molecule has 0 atom stereocenters. The average Bonchev–Trinajstić information content (AvgIpc) is 2.74. The molecule has 20 heavy (non-hydrogen) atoms. The zero-order valence-electron chi connectivity index (χ0n) is 11.0. The molecule has 3 nitrogen and oxygen atoms in total. The van der Waals surface area contributed by atoms with Crippen LogP contribution < -0.4 is 5.69 Å². The summed E-state index contributed by atoms with van der Waals surface area (Å²) in [6.07, 6.45) is 0. The van der Waals surface area contributed by atoms with Crippen molar-refractivity contribution in [2.24, 2.45) is 0 Å². The highest BCUT2D eigenvalue weighted by Gasteiger charge is 2.17. The summed E-state index contributed by atoms with van der Waals surface area (Å²) >= 11 is 0. The van der Waals surface area contributed by atoms with Gasteiger partial charge in [0, 0.05) is 0 Å². The SMILES string of the molecule is Cc1ccc(C)c(-n2c(=O)[nH]c3ccc(F)c(F)c32)c1. The lowest BCUT2D eigenvalue weighted by Crippen LogP contribution is -2.16. The second-order valence-electron chi connectivity index (χ2n) is 4.81. The molecule has 102 valence electrons. The van der Waals surface area contributed by atoms with Crippen LogP contribution in [0.4, 0.5) is 8.78 Å². The van der Waals surface area contributed by atoms with Crippen LogP contribution in [0.25, 0.3) is 16.7 Å². The number of H-pyrrole nitrogens is 1. The van der Waals surface area contributed by atoms with Gasteiger partial charge in [-0.3, -0.25) is 4.57 Å². The van der Waals surface area contributed by atoms with Crippen molar-refractivity contribution >= 4 is 11.0 Å². The molecule has 2 aromatic carbocycles. The third-order valence-electron chi connectivity index (χ3n) is 3.34. The number of rotatable bonds is 1. The third kappa shape index (κ3) is 1.74. The van der Waals surface area contributed by atoms with Gasteiger partial charge in [-0.25, -0.2) is 13.6 Å². The number of nitrogens with zero attached hydrogens (tertiary/aromatic N) is 1. The summed E-state index contributed by atoms with van der Waals surface area (Å²) in [5, 5.41) is 0. The first-order valence-electron chi connectivity index (χ1n) is 6.15. The van der Waals surface area contributed by atoms with Gasteiger partial charge in [0.2, 0.25) is 0 Å². The first-order valence-corrected chi connectivity index (χ1v) is 6.15. The van der Waals surface area contributed by atoms with Gasteiger partial charge >= 0.3 is 5.69 Å². The van der Waals surface area contributed by atoms with Crippen LogP contribution in [0.2, 0.25) is 0 Å². The van der Waals surface area contributed by atoms with Crippen LogP contribution in [-0.2, 0) is 0 Å². The topological polar surface area (TPSA) is 37.8 Å². The van der Waals surface area contributed by atoms with Crippen LogP contribution >= 0.6 is 0 Å². The Balaban J connectivity index is 2.48. The van der Waals surface area contributed by atoms with Gasteiger partial charge in [-0.2, -0.15) is 0 Å². The summed E-state index contributed by atoms with van der Waals surface area (Å²) in [4.78, 5) is 14.6. The van der Waals surface area contributed by atoms with E-state index in [0.29, 0.717) is 5.69 Å². The predicted octanol–water partition coefficient (Wildman–Crippen LogP) is 3.21. The molecular weight excluding hydrogens is 262 g/mol. The zero-order valence-corrected chi connectivity index (χ0v) is 11.0. The number of halogens is 2. The maximum absolute atomic E-state index is 14.0. The number of benzene rings is 2. The van der Waals surface area contributed by atoms with Gasteiger partial charge < -0.3 is 4.98 Å². The molecule has 1 N–H and O–H groups in total. The van der Waals surface area contributed by atoms with Crippen LogP contribution in [0.3, 0.4) is 0 Å². The Hall–Kier alpha value is -2.43. The van der Waals surface area contributed by atoms with Crippen molar-refractivity contribution in [2.75, 3.05) is 0 Å². The lowest BCUT2D eigenvalue weighted by molar-refractivity contribution is 0.514. The maximum Gasteiger partial charge on any atom is 0.331 e. The Morgan fingerprint density at radius 2 is 1.85 bits per heavy atom. The summed E-state index contributed by atoms with van der Waals surface area (Å²) in [5.74, 6) is -2.00. The number of fused-ring (bicyclic) bond motifs is 1. The first kappa shape index (κ1) is 12.6. The number of aromatic amines is 1. The second kappa shape index (κ2) is 4.30. The minimum atomic E-state index is -1.03. The second-order valence-corrected chi connectivity index (χ2v) is 4.81. The predicted molar refractivity (Wildman–Crippen MR) is 73.3 cm³/mol.